The summed E-state index contributed by atoms with van der Waals surface area (Å²) in [5, 5.41) is 1.00. The highest BCUT2D eigenvalue weighted by atomic mass is 35.5. The van der Waals surface area contributed by atoms with Gasteiger partial charge in [0.25, 0.3) is 0 Å². The van der Waals surface area contributed by atoms with E-state index in [0.29, 0.717) is 12.4 Å². The van der Waals surface area contributed by atoms with Crippen LogP contribution in [0.2, 0.25) is 0 Å². The van der Waals surface area contributed by atoms with E-state index in [2.05, 4.69) is 11.6 Å². The van der Waals surface area contributed by atoms with Crippen LogP contribution < -0.4 is 5.69 Å². The van der Waals surface area contributed by atoms with Crippen molar-refractivity contribution in [3.63, 3.8) is 0 Å². The van der Waals surface area contributed by atoms with Gasteiger partial charge in [-0.1, -0.05) is 26.5 Å². The van der Waals surface area contributed by atoms with Crippen molar-refractivity contribution in [3.05, 3.63) is 47.5 Å². The van der Waals surface area contributed by atoms with Gasteiger partial charge in [-0.05, 0) is 24.1 Å². The third-order valence-corrected chi connectivity index (χ3v) is 4.08. The van der Waals surface area contributed by atoms with Crippen molar-refractivity contribution in [1.29, 1.82) is 0 Å². The molecule has 5 heteroatoms. The number of hydrogen-bond donors (Lipinski definition) is 0. The number of pyridine rings is 1. The third kappa shape index (κ3) is 2.24. The number of halogens is 1. The summed E-state index contributed by atoms with van der Waals surface area (Å²) in [7, 11) is 0. The smallest absolute Gasteiger partial charge is 0.290 e. The summed E-state index contributed by atoms with van der Waals surface area (Å²) >= 11 is 5.87. The lowest BCUT2D eigenvalue weighted by atomic mass is 10.1. The van der Waals surface area contributed by atoms with E-state index in [1.807, 2.05) is 38.1 Å². The molecule has 0 spiro atoms. The minimum atomic E-state index is -0.0929. The van der Waals surface area contributed by atoms with Crippen molar-refractivity contribution >= 4 is 39.2 Å². The van der Waals surface area contributed by atoms with E-state index < -0.39 is 0 Å². The van der Waals surface area contributed by atoms with E-state index in [-0.39, 0.29) is 11.6 Å². The molecule has 2 aromatic heterocycles. The van der Waals surface area contributed by atoms with Crippen LogP contribution in [0.25, 0.3) is 27.6 Å². The average Bonchev–Trinajstić information content (AvgIpc) is 2.76. The van der Waals surface area contributed by atoms with Crippen LogP contribution in [0, 0.1) is 5.92 Å². The molecule has 0 N–H and O–H groups in total. The number of alkyl halides is 1. The molecule has 0 saturated carbocycles. The van der Waals surface area contributed by atoms with Crippen LogP contribution in [-0.2, 0) is 6.54 Å². The number of aryl methyl sites for hydroxylation is 1. The maximum Gasteiger partial charge on any atom is 0.333 e. The molecule has 0 bridgehead atoms. The predicted molar refractivity (Wildman–Crippen MR) is 92.4 cm³/mol. The van der Waals surface area contributed by atoms with Gasteiger partial charge in [-0.25, -0.2) is 4.79 Å². The second kappa shape index (κ2) is 5.61. The standard InChI is InChI=1S/C17H18ClN3O/c1-11(2)12(3)21-16-9-13-5-4-7-19-14(13)10-15(16)20(8-6-18)17(21)22/h4-5,7,9-11H,3,6,8H2,1-2H3. The van der Waals surface area contributed by atoms with Gasteiger partial charge in [0.1, 0.15) is 0 Å². The second-order valence-electron chi connectivity index (χ2n) is 5.64. The molecule has 0 aliphatic heterocycles. The summed E-state index contributed by atoms with van der Waals surface area (Å²) in [6.07, 6.45) is 1.75. The van der Waals surface area contributed by atoms with Gasteiger partial charge in [-0.15, -0.1) is 11.6 Å². The Hall–Kier alpha value is -2.07. The maximum absolute atomic E-state index is 12.8. The van der Waals surface area contributed by atoms with E-state index in [1.165, 1.54) is 0 Å². The van der Waals surface area contributed by atoms with Crippen LogP contribution in [0.4, 0.5) is 0 Å². The van der Waals surface area contributed by atoms with Crippen LogP contribution in [0.1, 0.15) is 13.8 Å². The van der Waals surface area contributed by atoms with Gasteiger partial charge in [0, 0.05) is 29.7 Å². The molecule has 0 aliphatic carbocycles. The molecule has 0 radical (unpaired) electrons. The van der Waals surface area contributed by atoms with Crippen molar-refractivity contribution in [2.75, 3.05) is 5.88 Å². The lowest BCUT2D eigenvalue weighted by Gasteiger charge is -2.10. The minimum absolute atomic E-state index is 0.0929. The molecule has 3 rings (SSSR count). The molecule has 0 aliphatic rings. The zero-order valence-electron chi connectivity index (χ0n) is 12.7. The van der Waals surface area contributed by atoms with Gasteiger partial charge < -0.3 is 0 Å². The first-order valence-electron chi connectivity index (χ1n) is 7.29. The molecule has 2 heterocycles. The number of allylic oxidation sites excluding steroid dienone is 1. The Kier molecular flexibility index (Phi) is 3.79. The van der Waals surface area contributed by atoms with Crippen molar-refractivity contribution in [2.24, 2.45) is 5.92 Å². The van der Waals surface area contributed by atoms with Crippen LogP contribution >= 0.6 is 11.6 Å². The number of rotatable bonds is 4. The molecule has 1 aromatic carbocycles. The molecule has 22 heavy (non-hydrogen) atoms. The van der Waals surface area contributed by atoms with Crippen LogP contribution in [0.15, 0.2) is 41.8 Å². The summed E-state index contributed by atoms with van der Waals surface area (Å²) in [5.74, 6) is 0.560. The number of nitrogens with zero attached hydrogens (tertiary/aromatic N) is 3. The van der Waals surface area contributed by atoms with Crippen molar-refractivity contribution in [2.45, 2.75) is 20.4 Å². The Morgan fingerprint density at radius 3 is 2.82 bits per heavy atom. The SMILES string of the molecule is C=C(C(C)C)n1c(=O)n(CCCl)c2cc3ncccc3cc21. The first-order chi connectivity index (χ1) is 10.5. The van der Waals surface area contributed by atoms with E-state index in [9.17, 15) is 4.79 Å². The number of aromatic nitrogens is 3. The second-order valence-corrected chi connectivity index (χ2v) is 6.02. The highest BCUT2D eigenvalue weighted by Crippen LogP contribution is 2.24. The molecule has 0 unspecified atom stereocenters. The zero-order valence-corrected chi connectivity index (χ0v) is 13.5. The average molecular weight is 316 g/mol. The Balaban J connectivity index is 2.43. The zero-order chi connectivity index (χ0) is 15.9. The van der Waals surface area contributed by atoms with Gasteiger partial charge in [-0.3, -0.25) is 14.1 Å². The first-order valence-corrected chi connectivity index (χ1v) is 7.83. The fourth-order valence-corrected chi connectivity index (χ4v) is 2.82. The summed E-state index contributed by atoms with van der Waals surface area (Å²) in [4.78, 5) is 17.2. The minimum Gasteiger partial charge on any atom is -0.290 e. The number of hydrogen-bond acceptors (Lipinski definition) is 2. The van der Waals surface area contributed by atoms with E-state index in [1.54, 1.807) is 15.3 Å². The fraction of sp³-hybridized carbons (Fsp3) is 0.294. The fourth-order valence-electron chi connectivity index (χ4n) is 2.66. The van der Waals surface area contributed by atoms with Gasteiger partial charge in [0.2, 0.25) is 0 Å². The molecule has 4 nitrogen and oxygen atoms in total. The van der Waals surface area contributed by atoms with Crippen LogP contribution in [-0.4, -0.2) is 20.0 Å². The normalized spacial score (nSPS) is 11.6. The van der Waals surface area contributed by atoms with Gasteiger partial charge in [0.05, 0.1) is 16.6 Å². The summed E-state index contributed by atoms with van der Waals surface area (Å²) < 4.78 is 3.39. The molecular formula is C17H18ClN3O. The lowest BCUT2D eigenvalue weighted by Crippen LogP contribution is -2.25. The molecule has 0 atom stereocenters. The molecule has 0 amide bonds. The first kappa shape index (κ1) is 14.9. The van der Waals surface area contributed by atoms with Gasteiger partial charge in [0.15, 0.2) is 0 Å². The Bertz CT molecular complexity index is 921. The highest BCUT2D eigenvalue weighted by molar-refractivity contribution is 6.17. The summed E-state index contributed by atoms with van der Waals surface area (Å²) in [6.45, 7) is 8.62. The van der Waals surface area contributed by atoms with E-state index in [0.717, 1.165) is 27.6 Å². The molecule has 3 aromatic rings. The largest absolute Gasteiger partial charge is 0.333 e. The molecule has 114 valence electrons. The van der Waals surface area contributed by atoms with E-state index >= 15 is 0 Å². The number of fused-ring (bicyclic) bond motifs is 2. The maximum atomic E-state index is 12.8. The van der Waals surface area contributed by atoms with E-state index in [4.69, 9.17) is 11.6 Å². The molecule has 0 fully saturated rings. The molecule has 0 saturated heterocycles. The topological polar surface area (TPSA) is 39.8 Å². The van der Waals surface area contributed by atoms with Gasteiger partial charge in [-0.2, -0.15) is 0 Å². The summed E-state index contributed by atoms with van der Waals surface area (Å²) in [5.41, 5.74) is 3.26. The van der Waals surface area contributed by atoms with Crippen molar-refractivity contribution < 1.29 is 0 Å². The lowest BCUT2D eigenvalue weighted by molar-refractivity contribution is 0.718. The van der Waals surface area contributed by atoms with Crippen molar-refractivity contribution in [1.82, 2.24) is 14.1 Å². The van der Waals surface area contributed by atoms with Gasteiger partial charge >= 0.3 is 5.69 Å². The van der Waals surface area contributed by atoms with Crippen molar-refractivity contribution in [3.8, 4) is 0 Å². The summed E-state index contributed by atoms with van der Waals surface area (Å²) in [6, 6.07) is 7.83. The number of imidazole rings is 1. The number of benzene rings is 1. The monoisotopic (exact) mass is 315 g/mol. The Morgan fingerprint density at radius 1 is 1.36 bits per heavy atom. The third-order valence-electron chi connectivity index (χ3n) is 3.91. The Labute approximate surface area is 133 Å². The quantitative estimate of drug-likeness (QED) is 0.688. The van der Waals surface area contributed by atoms with Crippen LogP contribution in [0.5, 0.6) is 0 Å². The molecular weight excluding hydrogens is 298 g/mol. The Morgan fingerprint density at radius 2 is 2.14 bits per heavy atom. The predicted octanol–water partition coefficient (Wildman–Crippen LogP) is 3.72. The van der Waals surface area contributed by atoms with Crippen LogP contribution in [0.3, 0.4) is 0 Å². The highest BCUT2D eigenvalue weighted by Gasteiger charge is 2.17.